The Kier molecular flexibility index (Phi) is 3.85. The maximum atomic E-state index is 12.7. The first-order valence-electron chi connectivity index (χ1n) is 6.75. The van der Waals surface area contributed by atoms with Gasteiger partial charge in [0.2, 0.25) is 0 Å². The molecule has 18 heavy (non-hydrogen) atoms. The molecule has 1 aliphatic rings. The van der Waals surface area contributed by atoms with Crippen molar-refractivity contribution < 1.29 is 9.53 Å². The number of ketones is 1. The summed E-state index contributed by atoms with van der Waals surface area (Å²) in [5.74, 6) is 0.796. The van der Waals surface area contributed by atoms with E-state index in [1.165, 1.54) is 0 Å². The molecular weight excluding hydrogens is 228 g/mol. The fourth-order valence-electron chi connectivity index (χ4n) is 2.74. The Morgan fingerprint density at radius 3 is 2.72 bits per heavy atom. The summed E-state index contributed by atoms with van der Waals surface area (Å²) in [5, 5.41) is 4.08. The zero-order valence-electron chi connectivity index (χ0n) is 11.5. The molecule has 0 bridgehead atoms. The van der Waals surface area contributed by atoms with Gasteiger partial charge in [-0.05, 0) is 38.5 Å². The highest BCUT2D eigenvalue weighted by Gasteiger charge is 2.42. The monoisotopic (exact) mass is 250 g/mol. The second kappa shape index (κ2) is 5.22. The van der Waals surface area contributed by atoms with Crippen molar-refractivity contribution in [2.75, 3.05) is 6.61 Å². The molecule has 0 radical (unpaired) electrons. The minimum atomic E-state index is -0.607. The second-order valence-electron chi connectivity index (χ2n) is 5.34. The maximum absolute atomic E-state index is 12.7. The molecule has 1 aliphatic carbocycles. The van der Waals surface area contributed by atoms with Gasteiger partial charge in [-0.2, -0.15) is 5.10 Å². The third-order valence-electron chi connectivity index (χ3n) is 3.88. The molecule has 2 rings (SSSR count). The largest absolute Gasteiger partial charge is 0.367 e. The van der Waals surface area contributed by atoms with Gasteiger partial charge in [0, 0.05) is 19.9 Å². The predicted molar refractivity (Wildman–Crippen MR) is 69.5 cm³/mol. The van der Waals surface area contributed by atoms with E-state index in [0.717, 1.165) is 25.7 Å². The van der Waals surface area contributed by atoms with E-state index in [4.69, 9.17) is 4.74 Å². The molecule has 0 unspecified atom stereocenters. The average molecular weight is 250 g/mol. The predicted octanol–water partition coefficient (Wildman–Crippen LogP) is 2.59. The summed E-state index contributed by atoms with van der Waals surface area (Å²) in [7, 11) is 1.83. The van der Waals surface area contributed by atoms with Crippen molar-refractivity contribution in [1.82, 2.24) is 9.78 Å². The van der Waals surface area contributed by atoms with Crippen molar-refractivity contribution in [2.24, 2.45) is 13.0 Å². The summed E-state index contributed by atoms with van der Waals surface area (Å²) in [6.07, 6.45) is 7.20. The van der Waals surface area contributed by atoms with Gasteiger partial charge < -0.3 is 4.74 Å². The number of carbonyl (C=O) groups is 1. The Bertz CT molecular complexity index is 417. The van der Waals surface area contributed by atoms with Gasteiger partial charge in [0.15, 0.2) is 5.78 Å². The molecule has 1 heterocycles. The molecule has 1 aromatic heterocycles. The van der Waals surface area contributed by atoms with Gasteiger partial charge in [0.1, 0.15) is 5.60 Å². The van der Waals surface area contributed by atoms with Crippen LogP contribution in [0, 0.1) is 5.92 Å². The smallest absolute Gasteiger partial charge is 0.197 e. The first-order valence-corrected chi connectivity index (χ1v) is 6.75. The van der Waals surface area contributed by atoms with Crippen LogP contribution in [0.4, 0.5) is 0 Å². The number of ether oxygens (including phenoxy) is 1. The number of hydrogen-bond donors (Lipinski definition) is 0. The molecule has 0 N–H and O–H groups in total. The summed E-state index contributed by atoms with van der Waals surface area (Å²) < 4.78 is 7.52. The third-order valence-corrected chi connectivity index (χ3v) is 3.88. The highest BCUT2D eigenvalue weighted by atomic mass is 16.5. The average Bonchev–Trinajstić information content (AvgIpc) is 2.78. The number of carbonyl (C=O) groups excluding carboxylic acids is 1. The Morgan fingerprint density at radius 2 is 2.22 bits per heavy atom. The van der Waals surface area contributed by atoms with E-state index in [2.05, 4.69) is 12.0 Å². The van der Waals surface area contributed by atoms with Crippen molar-refractivity contribution in [1.29, 1.82) is 0 Å². The highest BCUT2D eigenvalue weighted by molar-refractivity contribution is 6.02. The van der Waals surface area contributed by atoms with Crippen LogP contribution in [0.15, 0.2) is 12.4 Å². The Morgan fingerprint density at radius 1 is 1.56 bits per heavy atom. The summed E-state index contributed by atoms with van der Waals surface area (Å²) in [4.78, 5) is 12.7. The molecule has 0 aromatic carbocycles. The summed E-state index contributed by atoms with van der Waals surface area (Å²) in [6, 6.07) is 0. The second-order valence-corrected chi connectivity index (χ2v) is 5.34. The number of aryl methyl sites for hydroxylation is 1. The molecule has 1 fully saturated rings. The van der Waals surface area contributed by atoms with Crippen LogP contribution in [0.1, 0.15) is 49.9 Å². The third kappa shape index (κ3) is 2.48. The highest BCUT2D eigenvalue weighted by Crippen LogP contribution is 2.37. The molecular formula is C14H22N2O2. The van der Waals surface area contributed by atoms with E-state index in [-0.39, 0.29) is 5.78 Å². The van der Waals surface area contributed by atoms with Gasteiger partial charge >= 0.3 is 0 Å². The summed E-state index contributed by atoms with van der Waals surface area (Å²) in [6.45, 7) is 4.78. The zero-order valence-corrected chi connectivity index (χ0v) is 11.5. The lowest BCUT2D eigenvalue weighted by Crippen LogP contribution is -2.44. The minimum Gasteiger partial charge on any atom is -0.367 e. The number of hydrogen-bond acceptors (Lipinski definition) is 3. The van der Waals surface area contributed by atoms with Gasteiger partial charge in [0.05, 0.1) is 11.8 Å². The van der Waals surface area contributed by atoms with E-state index in [9.17, 15) is 4.79 Å². The first-order chi connectivity index (χ1) is 8.57. The number of Topliss-reactive ketones (excluding diaryl/α,β-unsaturated/α-hetero) is 1. The topological polar surface area (TPSA) is 44.1 Å². The normalized spacial score (nSPS) is 28.3. The lowest BCUT2D eigenvalue weighted by atomic mass is 9.76. The van der Waals surface area contributed by atoms with Crippen molar-refractivity contribution in [3.8, 4) is 0 Å². The molecule has 0 aliphatic heterocycles. The van der Waals surface area contributed by atoms with Crippen LogP contribution in [0.3, 0.4) is 0 Å². The Balaban J connectivity index is 2.22. The van der Waals surface area contributed by atoms with E-state index in [1.54, 1.807) is 17.1 Å². The molecule has 1 aromatic rings. The molecule has 0 saturated heterocycles. The van der Waals surface area contributed by atoms with Crippen molar-refractivity contribution >= 4 is 5.78 Å². The molecule has 1 saturated carbocycles. The molecule has 0 atom stereocenters. The standard InChI is InChI=1S/C14H22N2O2/c1-4-18-14(7-5-11(2)6-8-14)13(17)12-9-15-16(3)10-12/h9-11H,4-8H2,1-3H3. The molecule has 4 heteroatoms. The van der Waals surface area contributed by atoms with E-state index in [1.807, 2.05) is 14.0 Å². The van der Waals surface area contributed by atoms with Crippen molar-refractivity contribution in [3.05, 3.63) is 18.0 Å². The van der Waals surface area contributed by atoms with Gasteiger partial charge in [-0.15, -0.1) is 0 Å². The zero-order chi connectivity index (χ0) is 13.2. The molecule has 4 nitrogen and oxygen atoms in total. The quantitative estimate of drug-likeness (QED) is 0.771. The van der Waals surface area contributed by atoms with Crippen LogP contribution in [0.2, 0.25) is 0 Å². The Labute approximate surface area is 108 Å². The lowest BCUT2D eigenvalue weighted by molar-refractivity contribution is -0.0474. The van der Waals surface area contributed by atoms with Crippen LogP contribution in [0.25, 0.3) is 0 Å². The summed E-state index contributed by atoms with van der Waals surface area (Å²) in [5.41, 5.74) is 0.0603. The van der Waals surface area contributed by atoms with Gasteiger partial charge in [-0.3, -0.25) is 9.48 Å². The van der Waals surface area contributed by atoms with Crippen LogP contribution in [-0.2, 0) is 11.8 Å². The molecule has 0 amide bonds. The van der Waals surface area contributed by atoms with Crippen LogP contribution < -0.4 is 0 Å². The first kappa shape index (κ1) is 13.3. The fraction of sp³-hybridized carbons (Fsp3) is 0.714. The van der Waals surface area contributed by atoms with E-state index < -0.39 is 5.60 Å². The van der Waals surface area contributed by atoms with Crippen LogP contribution in [-0.4, -0.2) is 27.8 Å². The van der Waals surface area contributed by atoms with Gasteiger partial charge in [-0.25, -0.2) is 0 Å². The maximum Gasteiger partial charge on any atom is 0.197 e. The minimum absolute atomic E-state index is 0.101. The number of nitrogens with zero attached hydrogens (tertiary/aromatic N) is 2. The van der Waals surface area contributed by atoms with E-state index >= 15 is 0 Å². The lowest BCUT2D eigenvalue weighted by Gasteiger charge is -2.37. The fourth-order valence-corrected chi connectivity index (χ4v) is 2.74. The van der Waals surface area contributed by atoms with Crippen molar-refractivity contribution in [2.45, 2.75) is 45.1 Å². The Hall–Kier alpha value is -1.16. The number of rotatable bonds is 4. The van der Waals surface area contributed by atoms with E-state index in [0.29, 0.717) is 18.1 Å². The van der Waals surface area contributed by atoms with Crippen molar-refractivity contribution in [3.63, 3.8) is 0 Å². The van der Waals surface area contributed by atoms with Crippen LogP contribution >= 0.6 is 0 Å². The van der Waals surface area contributed by atoms with Crippen LogP contribution in [0.5, 0.6) is 0 Å². The SMILES string of the molecule is CCOC1(C(=O)c2cnn(C)c2)CCC(C)CC1. The molecule has 100 valence electrons. The van der Waals surface area contributed by atoms with Gasteiger partial charge in [0.25, 0.3) is 0 Å². The summed E-state index contributed by atoms with van der Waals surface area (Å²) >= 11 is 0. The molecule has 0 spiro atoms. The van der Waals surface area contributed by atoms with Gasteiger partial charge in [-0.1, -0.05) is 6.92 Å². The number of aromatic nitrogens is 2.